The number of aliphatic carboxylic acids is 1. The smallest absolute Gasteiger partial charge is 0.307 e. The van der Waals surface area contributed by atoms with E-state index < -0.39 is 23.5 Å². The molecule has 3 nitrogen and oxygen atoms in total. The van der Waals surface area contributed by atoms with Gasteiger partial charge in [0, 0.05) is 24.2 Å². The standard InChI is InChI=1S/C12H13F2NO2/c1-6-2-8(10(14)4-9(6)13)11-3-7(5-15-11)12(16)17/h2,4,7,11,15H,3,5H2,1H3,(H,16,17). The lowest BCUT2D eigenvalue weighted by molar-refractivity contribution is -0.141. The predicted molar refractivity (Wildman–Crippen MR) is 57.6 cm³/mol. The van der Waals surface area contributed by atoms with E-state index in [-0.39, 0.29) is 6.04 Å². The molecule has 17 heavy (non-hydrogen) atoms. The molecule has 1 aliphatic heterocycles. The fourth-order valence-electron chi connectivity index (χ4n) is 2.11. The lowest BCUT2D eigenvalue weighted by atomic mass is 9.98. The highest BCUT2D eigenvalue weighted by Crippen LogP contribution is 2.30. The van der Waals surface area contributed by atoms with E-state index in [1.807, 2.05) is 0 Å². The summed E-state index contributed by atoms with van der Waals surface area (Å²) in [6, 6.07) is 1.93. The molecule has 0 bridgehead atoms. The second kappa shape index (κ2) is 4.41. The zero-order chi connectivity index (χ0) is 12.6. The maximum absolute atomic E-state index is 13.6. The fourth-order valence-corrected chi connectivity index (χ4v) is 2.11. The first-order valence-electron chi connectivity index (χ1n) is 5.40. The zero-order valence-corrected chi connectivity index (χ0v) is 9.34. The van der Waals surface area contributed by atoms with E-state index >= 15 is 0 Å². The lowest BCUT2D eigenvalue weighted by Crippen LogP contribution is -2.17. The van der Waals surface area contributed by atoms with Crippen LogP contribution in [0.5, 0.6) is 0 Å². The molecule has 2 rings (SSSR count). The normalized spacial score (nSPS) is 23.9. The van der Waals surface area contributed by atoms with Crippen LogP contribution in [0.1, 0.15) is 23.6 Å². The Morgan fingerprint density at radius 1 is 1.41 bits per heavy atom. The summed E-state index contributed by atoms with van der Waals surface area (Å²) in [7, 11) is 0. The van der Waals surface area contributed by atoms with Crippen molar-refractivity contribution in [2.75, 3.05) is 6.54 Å². The summed E-state index contributed by atoms with van der Waals surface area (Å²) in [5.74, 6) is -2.61. The van der Waals surface area contributed by atoms with Crippen LogP contribution in [0.25, 0.3) is 0 Å². The summed E-state index contributed by atoms with van der Waals surface area (Å²) in [6.07, 6.45) is 0.331. The quantitative estimate of drug-likeness (QED) is 0.832. The van der Waals surface area contributed by atoms with Gasteiger partial charge < -0.3 is 10.4 Å². The van der Waals surface area contributed by atoms with Gasteiger partial charge in [0.2, 0.25) is 0 Å². The Labute approximate surface area is 97.5 Å². The van der Waals surface area contributed by atoms with Crippen LogP contribution in [0.2, 0.25) is 0 Å². The number of hydrogen-bond acceptors (Lipinski definition) is 2. The maximum atomic E-state index is 13.6. The van der Waals surface area contributed by atoms with E-state index in [0.29, 0.717) is 24.1 Å². The van der Waals surface area contributed by atoms with Gasteiger partial charge in [0.15, 0.2) is 0 Å². The minimum absolute atomic E-state index is 0.315. The Hall–Kier alpha value is -1.49. The number of benzene rings is 1. The van der Waals surface area contributed by atoms with E-state index in [1.54, 1.807) is 6.92 Å². The van der Waals surface area contributed by atoms with Gasteiger partial charge in [-0.05, 0) is 25.0 Å². The van der Waals surface area contributed by atoms with Crippen LogP contribution in [-0.4, -0.2) is 17.6 Å². The van der Waals surface area contributed by atoms with E-state index in [1.165, 1.54) is 6.07 Å². The van der Waals surface area contributed by atoms with Crippen LogP contribution in [0, 0.1) is 24.5 Å². The third-order valence-electron chi connectivity index (χ3n) is 3.13. The molecule has 1 fully saturated rings. The maximum Gasteiger partial charge on any atom is 0.307 e. The minimum atomic E-state index is -0.890. The number of carboxylic acid groups (broad SMARTS) is 1. The van der Waals surface area contributed by atoms with Crippen LogP contribution in [-0.2, 0) is 4.79 Å². The molecule has 0 aromatic heterocycles. The van der Waals surface area contributed by atoms with E-state index in [0.717, 1.165) is 6.07 Å². The molecule has 2 N–H and O–H groups in total. The first-order chi connectivity index (χ1) is 7.99. The lowest BCUT2D eigenvalue weighted by Gasteiger charge is -2.13. The van der Waals surface area contributed by atoms with Gasteiger partial charge in [-0.25, -0.2) is 8.78 Å². The number of aryl methyl sites for hydroxylation is 1. The molecule has 2 unspecified atom stereocenters. The van der Waals surface area contributed by atoms with Gasteiger partial charge in [-0.2, -0.15) is 0 Å². The summed E-state index contributed by atoms with van der Waals surface area (Å²) >= 11 is 0. The fraction of sp³-hybridized carbons (Fsp3) is 0.417. The van der Waals surface area contributed by atoms with Crippen molar-refractivity contribution in [2.24, 2.45) is 5.92 Å². The summed E-state index contributed by atoms with van der Waals surface area (Å²) in [5.41, 5.74) is 0.703. The van der Waals surface area contributed by atoms with Gasteiger partial charge in [0.1, 0.15) is 11.6 Å². The molecule has 1 aromatic carbocycles. The van der Waals surface area contributed by atoms with Gasteiger partial charge >= 0.3 is 5.97 Å². The summed E-state index contributed by atoms with van der Waals surface area (Å²) < 4.78 is 26.7. The largest absolute Gasteiger partial charge is 0.481 e. The number of rotatable bonds is 2. The van der Waals surface area contributed by atoms with Gasteiger partial charge in [0.25, 0.3) is 0 Å². The average Bonchev–Trinajstić information content (AvgIpc) is 2.72. The van der Waals surface area contributed by atoms with E-state index in [9.17, 15) is 13.6 Å². The highest BCUT2D eigenvalue weighted by Gasteiger charge is 2.31. The Morgan fingerprint density at radius 2 is 2.12 bits per heavy atom. The molecule has 0 amide bonds. The Morgan fingerprint density at radius 3 is 2.71 bits per heavy atom. The first-order valence-corrected chi connectivity index (χ1v) is 5.40. The van der Waals surface area contributed by atoms with Crippen molar-refractivity contribution in [2.45, 2.75) is 19.4 Å². The molecule has 0 aliphatic carbocycles. The Kier molecular flexibility index (Phi) is 3.11. The molecule has 1 aromatic rings. The average molecular weight is 241 g/mol. The second-order valence-electron chi connectivity index (χ2n) is 4.35. The SMILES string of the molecule is Cc1cc(C2CC(C(=O)O)CN2)c(F)cc1F. The van der Waals surface area contributed by atoms with Crippen LogP contribution in [0.3, 0.4) is 0 Å². The number of carboxylic acids is 1. The van der Waals surface area contributed by atoms with Crippen LogP contribution in [0.15, 0.2) is 12.1 Å². The number of nitrogens with one attached hydrogen (secondary N) is 1. The topological polar surface area (TPSA) is 49.3 Å². The second-order valence-corrected chi connectivity index (χ2v) is 4.35. The molecule has 0 spiro atoms. The van der Waals surface area contributed by atoms with Crippen LogP contribution < -0.4 is 5.32 Å². The third-order valence-corrected chi connectivity index (χ3v) is 3.13. The van der Waals surface area contributed by atoms with Gasteiger partial charge in [0.05, 0.1) is 5.92 Å². The summed E-state index contributed by atoms with van der Waals surface area (Å²) in [4.78, 5) is 10.8. The molecule has 1 saturated heterocycles. The van der Waals surface area contributed by atoms with Crippen LogP contribution in [0.4, 0.5) is 8.78 Å². The van der Waals surface area contributed by atoms with Crippen molar-refractivity contribution in [1.82, 2.24) is 5.32 Å². The molecule has 1 aliphatic rings. The van der Waals surface area contributed by atoms with Crippen molar-refractivity contribution in [3.05, 3.63) is 34.9 Å². The highest BCUT2D eigenvalue weighted by atomic mass is 19.1. The molecule has 2 atom stereocenters. The number of hydrogen-bond donors (Lipinski definition) is 2. The van der Waals surface area contributed by atoms with E-state index in [4.69, 9.17) is 5.11 Å². The molecule has 92 valence electrons. The third kappa shape index (κ3) is 2.29. The van der Waals surface area contributed by atoms with Crippen molar-refractivity contribution >= 4 is 5.97 Å². The number of carbonyl (C=O) groups is 1. The molecule has 0 saturated carbocycles. The van der Waals surface area contributed by atoms with Crippen molar-refractivity contribution in [3.63, 3.8) is 0 Å². The zero-order valence-electron chi connectivity index (χ0n) is 9.34. The number of halogens is 2. The molecule has 0 radical (unpaired) electrons. The molecular weight excluding hydrogens is 228 g/mol. The Balaban J connectivity index is 2.24. The summed E-state index contributed by atoms with van der Waals surface area (Å²) in [6.45, 7) is 1.87. The highest BCUT2D eigenvalue weighted by molar-refractivity contribution is 5.70. The van der Waals surface area contributed by atoms with Crippen molar-refractivity contribution in [1.29, 1.82) is 0 Å². The van der Waals surface area contributed by atoms with E-state index in [2.05, 4.69) is 5.32 Å². The van der Waals surface area contributed by atoms with Gasteiger partial charge in [-0.15, -0.1) is 0 Å². The summed E-state index contributed by atoms with van der Waals surface area (Å²) in [5, 5.41) is 11.8. The molecule has 1 heterocycles. The molecular formula is C12H13F2NO2. The molecule has 5 heteroatoms. The van der Waals surface area contributed by atoms with Crippen molar-refractivity contribution < 1.29 is 18.7 Å². The predicted octanol–water partition coefficient (Wildman–Crippen LogP) is 2.01. The monoisotopic (exact) mass is 241 g/mol. The van der Waals surface area contributed by atoms with Gasteiger partial charge in [-0.1, -0.05) is 0 Å². The first kappa shape index (κ1) is 12.0. The van der Waals surface area contributed by atoms with Gasteiger partial charge in [-0.3, -0.25) is 4.79 Å². The Bertz CT molecular complexity index is 462. The van der Waals surface area contributed by atoms with Crippen LogP contribution >= 0.6 is 0 Å². The van der Waals surface area contributed by atoms with Crippen molar-refractivity contribution in [3.8, 4) is 0 Å². The minimum Gasteiger partial charge on any atom is -0.481 e.